The molecule has 2 amide bonds. The van der Waals surface area contributed by atoms with Gasteiger partial charge in [0.1, 0.15) is 12.4 Å². The van der Waals surface area contributed by atoms with Gasteiger partial charge in [-0.05, 0) is 23.4 Å². The van der Waals surface area contributed by atoms with Crippen LogP contribution in [-0.4, -0.2) is 32.0 Å². The molecular formula is C18H14ClFN6O2. The van der Waals surface area contributed by atoms with E-state index in [0.29, 0.717) is 5.82 Å². The molecule has 0 spiro atoms. The van der Waals surface area contributed by atoms with Gasteiger partial charge in [-0.25, -0.2) is 4.39 Å². The first-order chi connectivity index (χ1) is 13.5. The average Bonchev–Trinajstić information content (AvgIpc) is 3.15. The maximum absolute atomic E-state index is 13.6. The monoisotopic (exact) mass is 400 g/mol. The molecule has 0 atom stereocenters. The Balaban J connectivity index is 1.51. The Hall–Kier alpha value is -3.59. The lowest BCUT2D eigenvalue weighted by Crippen LogP contribution is -2.42. The Morgan fingerprint density at radius 3 is 2.64 bits per heavy atom. The molecule has 0 aliphatic rings. The molecule has 0 radical (unpaired) electrons. The summed E-state index contributed by atoms with van der Waals surface area (Å²) in [6, 6.07) is 13.3. The molecule has 3 aromatic rings. The number of nitrogens with one attached hydrogen (secondary N) is 2. The quantitative estimate of drug-likeness (QED) is 0.503. The second kappa shape index (κ2) is 8.87. The van der Waals surface area contributed by atoms with Gasteiger partial charge < -0.3 is 0 Å². The van der Waals surface area contributed by atoms with E-state index >= 15 is 0 Å². The van der Waals surface area contributed by atoms with Crippen molar-refractivity contribution in [3.63, 3.8) is 0 Å². The number of carbonyl (C=O) groups is 2. The second-order valence-electron chi connectivity index (χ2n) is 5.52. The van der Waals surface area contributed by atoms with E-state index in [1.165, 1.54) is 24.3 Å². The van der Waals surface area contributed by atoms with Gasteiger partial charge in [-0.2, -0.15) is 4.80 Å². The van der Waals surface area contributed by atoms with Crippen LogP contribution in [-0.2, 0) is 16.1 Å². The molecule has 3 rings (SSSR count). The van der Waals surface area contributed by atoms with Crippen LogP contribution in [0.15, 0.2) is 54.6 Å². The number of hydrogen-bond acceptors (Lipinski definition) is 5. The van der Waals surface area contributed by atoms with E-state index in [1.807, 2.05) is 30.3 Å². The summed E-state index contributed by atoms with van der Waals surface area (Å²) in [6.45, 7) is -0.247. The first kappa shape index (κ1) is 19.2. The third-order valence-corrected chi connectivity index (χ3v) is 3.83. The highest BCUT2D eigenvalue weighted by Gasteiger charge is 2.10. The molecule has 0 aliphatic heterocycles. The summed E-state index contributed by atoms with van der Waals surface area (Å²) in [5.41, 5.74) is 5.21. The number of aromatic nitrogens is 4. The first-order valence-electron chi connectivity index (χ1n) is 8.07. The average molecular weight is 401 g/mol. The fourth-order valence-electron chi connectivity index (χ4n) is 2.18. The zero-order valence-corrected chi connectivity index (χ0v) is 15.1. The molecular weight excluding hydrogens is 387 g/mol. The van der Waals surface area contributed by atoms with Crippen LogP contribution in [0, 0.1) is 5.82 Å². The molecule has 0 aliphatic carbocycles. The van der Waals surface area contributed by atoms with Gasteiger partial charge in [0.15, 0.2) is 0 Å². The fraction of sp³-hybridized carbons (Fsp3) is 0.0556. The lowest BCUT2D eigenvalue weighted by atomic mass is 10.2. The Labute approximate surface area is 164 Å². The van der Waals surface area contributed by atoms with Gasteiger partial charge in [-0.1, -0.05) is 48.0 Å². The van der Waals surface area contributed by atoms with E-state index in [9.17, 15) is 14.0 Å². The summed E-state index contributed by atoms with van der Waals surface area (Å²) in [5.74, 6) is -1.42. The van der Waals surface area contributed by atoms with Crippen molar-refractivity contribution in [3.8, 4) is 11.4 Å². The Morgan fingerprint density at radius 2 is 1.89 bits per heavy atom. The van der Waals surface area contributed by atoms with Crippen molar-refractivity contribution >= 4 is 29.5 Å². The standard InChI is InChI=1S/C18H14ClFN6O2/c19-14-7-4-8-15(20)13(14)9-10-16(27)21-22-17(28)11-26-24-18(23-25-26)12-5-2-1-3-6-12/h1-10H,11H2,(H,21,27)(H,22,28)/b10-9+. The molecule has 0 bridgehead atoms. The zero-order valence-electron chi connectivity index (χ0n) is 14.3. The van der Waals surface area contributed by atoms with Gasteiger partial charge in [0.05, 0.1) is 5.02 Å². The number of rotatable bonds is 5. The van der Waals surface area contributed by atoms with Gasteiger partial charge in [0, 0.05) is 17.2 Å². The first-order valence-corrected chi connectivity index (χ1v) is 8.45. The van der Waals surface area contributed by atoms with Crippen LogP contribution in [0.3, 0.4) is 0 Å². The van der Waals surface area contributed by atoms with E-state index in [4.69, 9.17) is 11.6 Å². The lowest BCUT2D eigenvalue weighted by molar-refractivity contribution is -0.127. The minimum absolute atomic E-state index is 0.0749. The number of tetrazole rings is 1. The molecule has 10 heteroatoms. The van der Waals surface area contributed by atoms with Crippen molar-refractivity contribution in [3.05, 3.63) is 71.0 Å². The van der Waals surface area contributed by atoms with E-state index in [-0.39, 0.29) is 17.1 Å². The number of benzene rings is 2. The number of carbonyl (C=O) groups excluding carboxylic acids is 2. The SMILES string of the molecule is O=C(/C=C/c1c(F)cccc1Cl)NNC(=O)Cn1nnc(-c2ccccc2)n1. The number of nitrogens with zero attached hydrogens (tertiary/aromatic N) is 4. The largest absolute Gasteiger partial charge is 0.271 e. The molecule has 28 heavy (non-hydrogen) atoms. The van der Waals surface area contributed by atoms with Crippen LogP contribution in [0.25, 0.3) is 17.5 Å². The molecule has 0 unspecified atom stereocenters. The second-order valence-corrected chi connectivity index (χ2v) is 5.92. The van der Waals surface area contributed by atoms with Crippen molar-refractivity contribution in [1.82, 2.24) is 31.1 Å². The van der Waals surface area contributed by atoms with Crippen LogP contribution < -0.4 is 10.9 Å². The third-order valence-electron chi connectivity index (χ3n) is 3.50. The summed E-state index contributed by atoms with van der Waals surface area (Å²) in [5, 5.41) is 11.9. The molecule has 0 saturated heterocycles. The van der Waals surface area contributed by atoms with Crippen LogP contribution in [0.5, 0.6) is 0 Å². The van der Waals surface area contributed by atoms with Crippen LogP contribution in [0.4, 0.5) is 4.39 Å². The number of hydrazine groups is 1. The predicted octanol–water partition coefficient (Wildman–Crippen LogP) is 1.99. The topological polar surface area (TPSA) is 102 Å². The molecule has 1 aromatic heterocycles. The van der Waals surface area contributed by atoms with Crippen molar-refractivity contribution in [1.29, 1.82) is 0 Å². The minimum Gasteiger partial charge on any atom is -0.271 e. The molecule has 1 heterocycles. The van der Waals surface area contributed by atoms with Crippen molar-refractivity contribution in [2.24, 2.45) is 0 Å². The molecule has 2 N–H and O–H groups in total. The van der Waals surface area contributed by atoms with E-state index in [0.717, 1.165) is 16.4 Å². The number of halogens is 2. The summed E-state index contributed by atoms with van der Waals surface area (Å²) in [4.78, 5) is 24.7. The Morgan fingerprint density at radius 1 is 1.11 bits per heavy atom. The molecule has 142 valence electrons. The minimum atomic E-state index is -0.663. The Kier molecular flexibility index (Phi) is 6.07. The summed E-state index contributed by atoms with van der Waals surface area (Å²) in [6.07, 6.45) is 2.26. The summed E-state index contributed by atoms with van der Waals surface area (Å²) in [7, 11) is 0. The highest BCUT2D eigenvalue weighted by molar-refractivity contribution is 6.32. The van der Waals surface area contributed by atoms with Crippen molar-refractivity contribution < 1.29 is 14.0 Å². The molecule has 8 nitrogen and oxygen atoms in total. The Bertz CT molecular complexity index is 1000. The third kappa shape index (κ3) is 4.98. The maximum Gasteiger partial charge on any atom is 0.262 e. The molecule has 2 aromatic carbocycles. The van der Waals surface area contributed by atoms with Gasteiger partial charge in [0.2, 0.25) is 5.82 Å². The van der Waals surface area contributed by atoms with Gasteiger partial charge in [-0.15, -0.1) is 10.2 Å². The van der Waals surface area contributed by atoms with Crippen molar-refractivity contribution in [2.75, 3.05) is 0 Å². The predicted molar refractivity (Wildman–Crippen MR) is 100.0 cm³/mol. The normalized spacial score (nSPS) is 10.8. The van der Waals surface area contributed by atoms with Gasteiger partial charge >= 0.3 is 0 Å². The van der Waals surface area contributed by atoms with Crippen LogP contribution in [0.2, 0.25) is 5.02 Å². The van der Waals surface area contributed by atoms with E-state index < -0.39 is 17.6 Å². The zero-order chi connectivity index (χ0) is 19.9. The van der Waals surface area contributed by atoms with E-state index in [2.05, 4.69) is 26.3 Å². The van der Waals surface area contributed by atoms with Crippen LogP contribution in [0.1, 0.15) is 5.56 Å². The van der Waals surface area contributed by atoms with Gasteiger partial charge in [0.25, 0.3) is 11.8 Å². The summed E-state index contributed by atoms with van der Waals surface area (Å²) >= 11 is 5.86. The van der Waals surface area contributed by atoms with E-state index in [1.54, 1.807) is 0 Å². The fourth-order valence-corrected chi connectivity index (χ4v) is 2.41. The van der Waals surface area contributed by atoms with Gasteiger partial charge in [-0.3, -0.25) is 20.4 Å². The molecule has 0 saturated carbocycles. The number of amides is 2. The van der Waals surface area contributed by atoms with Crippen LogP contribution >= 0.6 is 11.6 Å². The number of hydrogen-bond donors (Lipinski definition) is 2. The lowest BCUT2D eigenvalue weighted by Gasteiger charge is -2.04. The smallest absolute Gasteiger partial charge is 0.262 e. The summed E-state index contributed by atoms with van der Waals surface area (Å²) < 4.78 is 13.6. The highest BCUT2D eigenvalue weighted by Crippen LogP contribution is 2.20. The van der Waals surface area contributed by atoms with Crippen molar-refractivity contribution in [2.45, 2.75) is 6.54 Å². The highest BCUT2D eigenvalue weighted by atomic mass is 35.5. The molecule has 0 fully saturated rings. The maximum atomic E-state index is 13.6.